The molecule has 4 aromatic carbocycles. The Kier molecular flexibility index (Phi) is 15.1. The molecule has 0 saturated heterocycles. The molecule has 5 heteroatoms. The lowest BCUT2D eigenvalue weighted by Crippen LogP contribution is -2.52. The first kappa shape index (κ1) is 35.8. The van der Waals surface area contributed by atoms with Gasteiger partial charge in [0, 0.05) is 0 Å². The van der Waals surface area contributed by atoms with Gasteiger partial charge in [0.05, 0.1) is 25.2 Å². The quantitative estimate of drug-likeness (QED) is 0.0721. The monoisotopic (exact) mass is 607 g/mol. The van der Waals surface area contributed by atoms with Crippen molar-refractivity contribution < 1.29 is 14.0 Å². The summed E-state index contributed by atoms with van der Waals surface area (Å²) in [5, 5.41) is 0. The summed E-state index contributed by atoms with van der Waals surface area (Å²) in [6.45, 7) is 18.6. The number of para-hydroxylation sites is 2. The van der Waals surface area contributed by atoms with Gasteiger partial charge < -0.3 is 14.0 Å². The lowest BCUT2D eigenvalue weighted by atomic mass is 10.0. The minimum absolute atomic E-state index is 0.749. The van der Waals surface area contributed by atoms with Crippen molar-refractivity contribution in [3.63, 3.8) is 0 Å². The van der Waals surface area contributed by atoms with Gasteiger partial charge in [0.25, 0.3) is 0 Å². The van der Waals surface area contributed by atoms with Crippen molar-refractivity contribution in [3.05, 3.63) is 119 Å². The summed E-state index contributed by atoms with van der Waals surface area (Å²) >= 11 is 0. The Morgan fingerprint density at radius 3 is 1.44 bits per heavy atom. The number of rotatable bonds is 16. The van der Waals surface area contributed by atoms with Crippen LogP contribution in [0, 0.1) is 33.8 Å². The maximum absolute atomic E-state index is 6.56. The maximum Gasteiger partial charge on any atom is 0.864 e. The number of aryl methyl sites for hydroxylation is 3. The van der Waals surface area contributed by atoms with Crippen molar-refractivity contribution in [3.8, 4) is 17.2 Å². The molecule has 0 atom stereocenters. The highest BCUT2D eigenvalue weighted by Crippen LogP contribution is 2.36. The second kappa shape index (κ2) is 19.0. The molecule has 0 N–H and O–H groups in total. The molecule has 0 spiro atoms. The first-order valence-electron chi connectivity index (χ1n) is 16.8. The van der Waals surface area contributed by atoms with Gasteiger partial charge in [-0.25, -0.2) is 0 Å². The van der Waals surface area contributed by atoms with Crippen LogP contribution in [-0.4, -0.2) is 27.0 Å². The van der Waals surface area contributed by atoms with Crippen molar-refractivity contribution in [2.75, 3.05) is 19.6 Å². The Hall–Kier alpha value is -3.70. The van der Waals surface area contributed by atoms with Gasteiger partial charge in [-0.15, -0.1) is 0 Å². The van der Waals surface area contributed by atoms with Crippen molar-refractivity contribution in [1.29, 1.82) is 0 Å². The van der Waals surface area contributed by atoms with Gasteiger partial charge in [0.1, 0.15) is 22.9 Å². The fourth-order valence-electron chi connectivity index (χ4n) is 5.57. The van der Waals surface area contributed by atoms with E-state index in [4.69, 9.17) is 14.0 Å². The first-order valence-corrected chi connectivity index (χ1v) is 16.8. The Morgan fingerprint density at radius 1 is 0.556 bits per heavy atom. The van der Waals surface area contributed by atoms with Crippen molar-refractivity contribution >= 4 is 13.0 Å². The normalized spacial score (nSPS) is 10.9. The van der Waals surface area contributed by atoms with E-state index in [9.17, 15) is 0 Å². The molecule has 0 heterocycles. The van der Waals surface area contributed by atoms with Crippen molar-refractivity contribution in [2.24, 2.45) is 0 Å². The summed E-state index contributed by atoms with van der Waals surface area (Å²) in [6.07, 6.45) is 7.24. The van der Waals surface area contributed by atoms with Crippen LogP contribution in [0.25, 0.3) is 0 Å². The third kappa shape index (κ3) is 11.0. The highest BCUT2D eigenvalue weighted by Gasteiger charge is 2.35. The molecule has 0 aliphatic carbocycles. The largest absolute Gasteiger partial charge is 0.864 e. The van der Waals surface area contributed by atoms with Crippen molar-refractivity contribution in [1.82, 2.24) is 4.48 Å². The smallest absolute Gasteiger partial charge is 0.489 e. The predicted molar refractivity (Wildman–Crippen MR) is 192 cm³/mol. The molecule has 0 aliphatic heterocycles. The minimum atomic E-state index is -0.921. The van der Waals surface area contributed by atoms with E-state index < -0.39 is 7.32 Å². The zero-order valence-electron chi connectivity index (χ0n) is 28.8. The Bertz CT molecular complexity index is 1340. The molecular formula is C40H54BNO3. The lowest BCUT2D eigenvalue weighted by molar-refractivity contribution is 0.257. The molecule has 0 bridgehead atoms. The number of benzene rings is 4. The van der Waals surface area contributed by atoms with E-state index >= 15 is 0 Å². The average Bonchev–Trinajstić information content (AvgIpc) is 3.05. The SMILES string of the molecule is CCCC[N+](CCCC)(CCCC)c1cccc(OB(Oc2ccccc2C)Oc2ccccc2C)c1C.Cc1[c-]cccc1. The van der Waals surface area contributed by atoms with Crippen LogP contribution in [0.3, 0.4) is 0 Å². The van der Waals surface area contributed by atoms with Crippen LogP contribution in [-0.2, 0) is 0 Å². The summed E-state index contributed by atoms with van der Waals surface area (Å²) in [5.74, 6) is 2.30. The zero-order chi connectivity index (χ0) is 32.5. The summed E-state index contributed by atoms with van der Waals surface area (Å²) in [7, 11) is -0.921. The summed E-state index contributed by atoms with van der Waals surface area (Å²) in [4.78, 5) is 0. The number of nitrogens with zero attached hydrogens (tertiary/aromatic N) is 1. The third-order valence-electron chi connectivity index (χ3n) is 8.31. The molecule has 0 amide bonds. The molecule has 45 heavy (non-hydrogen) atoms. The van der Waals surface area contributed by atoms with Crippen LogP contribution in [0.1, 0.15) is 81.5 Å². The fourth-order valence-corrected chi connectivity index (χ4v) is 5.57. The second-order valence-electron chi connectivity index (χ2n) is 12.0. The van der Waals surface area contributed by atoms with Crippen LogP contribution in [0.4, 0.5) is 5.69 Å². The molecule has 0 saturated carbocycles. The molecule has 0 fully saturated rings. The second-order valence-corrected chi connectivity index (χ2v) is 12.0. The van der Waals surface area contributed by atoms with Gasteiger partial charge in [-0.2, -0.15) is 35.9 Å². The van der Waals surface area contributed by atoms with E-state index in [0.29, 0.717) is 0 Å². The maximum atomic E-state index is 6.56. The van der Waals surface area contributed by atoms with Gasteiger partial charge >= 0.3 is 7.32 Å². The van der Waals surface area contributed by atoms with Crippen LogP contribution in [0.5, 0.6) is 17.2 Å². The van der Waals surface area contributed by atoms with E-state index in [0.717, 1.165) is 52.5 Å². The van der Waals surface area contributed by atoms with Crippen LogP contribution >= 0.6 is 0 Å². The summed E-state index contributed by atoms with van der Waals surface area (Å²) in [5.41, 5.74) is 5.80. The topological polar surface area (TPSA) is 27.7 Å². The Balaban J connectivity index is 0.000000693. The molecular weight excluding hydrogens is 553 g/mol. The molecule has 4 nitrogen and oxygen atoms in total. The standard InChI is InChI=1S/C33H47BNO3.C7H7/c1-7-10-24-35(25-11-8-2,26-12-9-3)30-20-17-23-33(29(30)6)38-34(36-31-21-15-13-18-27(31)4)37-32-22-16-14-19-28(32)5;1-7-5-3-2-4-6-7/h13-23H,7-12,24-26H2,1-6H3;2-5H,1H3/q+1;-1. The summed E-state index contributed by atoms with van der Waals surface area (Å²) < 4.78 is 20.2. The van der Waals surface area contributed by atoms with E-state index in [1.165, 1.54) is 55.3 Å². The van der Waals surface area contributed by atoms with E-state index in [-0.39, 0.29) is 0 Å². The van der Waals surface area contributed by atoms with Gasteiger partial charge in [-0.1, -0.05) is 89.4 Å². The Morgan fingerprint density at radius 2 is 1.02 bits per heavy atom. The van der Waals surface area contributed by atoms with Gasteiger partial charge in [-0.05, 0) is 75.4 Å². The number of quaternary nitrogens is 1. The Labute approximate surface area is 274 Å². The average molecular weight is 608 g/mol. The van der Waals surface area contributed by atoms with E-state index in [2.05, 4.69) is 45.9 Å². The highest BCUT2D eigenvalue weighted by atomic mass is 16.7. The highest BCUT2D eigenvalue weighted by molar-refractivity contribution is 6.39. The van der Waals surface area contributed by atoms with E-state index in [1.54, 1.807) is 0 Å². The number of hydrogen-bond donors (Lipinski definition) is 0. The lowest BCUT2D eigenvalue weighted by Gasteiger charge is -2.40. The van der Waals surface area contributed by atoms with Crippen LogP contribution < -0.4 is 18.4 Å². The predicted octanol–water partition coefficient (Wildman–Crippen LogP) is 10.6. The van der Waals surface area contributed by atoms with E-state index in [1.807, 2.05) is 99.6 Å². The molecule has 0 unspecified atom stereocenters. The first-order chi connectivity index (χ1) is 21.8. The molecule has 0 radical (unpaired) electrons. The minimum Gasteiger partial charge on any atom is -0.489 e. The third-order valence-corrected chi connectivity index (χ3v) is 8.31. The molecule has 0 aromatic heterocycles. The number of unbranched alkanes of at least 4 members (excludes halogenated alkanes) is 3. The van der Waals surface area contributed by atoms with Gasteiger partial charge in [-0.3, -0.25) is 4.48 Å². The van der Waals surface area contributed by atoms with Gasteiger partial charge in [0.15, 0.2) is 0 Å². The van der Waals surface area contributed by atoms with Crippen molar-refractivity contribution in [2.45, 2.75) is 87.0 Å². The van der Waals surface area contributed by atoms with Crippen LogP contribution in [0.2, 0.25) is 0 Å². The number of hydrogen-bond acceptors (Lipinski definition) is 3. The van der Waals surface area contributed by atoms with Crippen LogP contribution in [0.15, 0.2) is 91.0 Å². The molecule has 240 valence electrons. The molecule has 4 rings (SSSR count). The zero-order valence-corrected chi connectivity index (χ0v) is 28.8. The van der Waals surface area contributed by atoms with Gasteiger partial charge in [0.2, 0.25) is 0 Å². The fraction of sp³-hybridized carbons (Fsp3) is 0.400. The molecule has 4 aromatic rings. The molecule has 0 aliphatic rings. The summed E-state index contributed by atoms with van der Waals surface area (Å²) in [6, 6.07) is 33.4.